The number of ether oxygens (including phenoxy) is 2. The Balaban J connectivity index is 2.55. The third kappa shape index (κ3) is 2.19. The predicted molar refractivity (Wildman–Crippen MR) is 48.9 cm³/mol. The lowest BCUT2D eigenvalue weighted by Gasteiger charge is -2.35. The molecule has 0 aromatic rings. The van der Waals surface area contributed by atoms with Gasteiger partial charge in [-0.25, -0.2) is 0 Å². The van der Waals surface area contributed by atoms with Crippen LogP contribution in [0.1, 0.15) is 19.3 Å². The van der Waals surface area contributed by atoms with Crippen molar-refractivity contribution < 1.29 is 9.47 Å². The fourth-order valence-corrected chi connectivity index (χ4v) is 1.49. The van der Waals surface area contributed by atoms with Gasteiger partial charge < -0.3 is 9.47 Å². The van der Waals surface area contributed by atoms with Crippen molar-refractivity contribution in [1.82, 2.24) is 0 Å². The molecule has 0 atom stereocenters. The van der Waals surface area contributed by atoms with Crippen molar-refractivity contribution in [1.29, 1.82) is 0 Å². The Morgan fingerprint density at radius 3 is 2.33 bits per heavy atom. The van der Waals surface area contributed by atoms with E-state index in [1.807, 2.05) is 12.2 Å². The number of hydrogen-bond acceptors (Lipinski definition) is 2. The highest BCUT2D eigenvalue weighted by Crippen LogP contribution is 2.28. The molecule has 1 fully saturated rings. The van der Waals surface area contributed by atoms with Gasteiger partial charge >= 0.3 is 0 Å². The third-order valence-electron chi connectivity index (χ3n) is 2.18. The van der Waals surface area contributed by atoms with Gasteiger partial charge in [-0.2, -0.15) is 0 Å². The van der Waals surface area contributed by atoms with Gasteiger partial charge in [-0.05, 0) is 12.8 Å². The zero-order valence-electron chi connectivity index (χ0n) is 7.42. The first kappa shape index (κ1) is 9.49. The molecule has 1 saturated heterocycles. The molecule has 0 unspecified atom stereocenters. The van der Waals surface area contributed by atoms with E-state index in [0.29, 0.717) is 6.79 Å². The minimum Gasteiger partial charge on any atom is -0.355 e. The average Bonchev–Trinajstić information content (AvgIpc) is 2.07. The Kier molecular flexibility index (Phi) is 3.50. The molecule has 0 amide bonds. The standard InChI is InChI=1S/C10H16O2/c1-3-5-10(6-4-2)7-8-11-9-12-10/h3-4H,1-2,5-9H2. The summed E-state index contributed by atoms with van der Waals surface area (Å²) in [5.74, 6) is 0. The second-order valence-corrected chi connectivity index (χ2v) is 3.09. The second-order valence-electron chi connectivity index (χ2n) is 3.09. The van der Waals surface area contributed by atoms with Gasteiger partial charge in [0.1, 0.15) is 6.79 Å². The maximum absolute atomic E-state index is 5.58. The Labute approximate surface area is 73.9 Å². The summed E-state index contributed by atoms with van der Waals surface area (Å²) in [6.45, 7) is 8.64. The van der Waals surface area contributed by atoms with E-state index in [1.54, 1.807) is 0 Å². The molecule has 0 saturated carbocycles. The van der Waals surface area contributed by atoms with Crippen molar-refractivity contribution in [3.8, 4) is 0 Å². The van der Waals surface area contributed by atoms with Crippen LogP contribution in [0, 0.1) is 0 Å². The second kappa shape index (κ2) is 4.43. The van der Waals surface area contributed by atoms with Crippen LogP contribution < -0.4 is 0 Å². The maximum atomic E-state index is 5.58. The van der Waals surface area contributed by atoms with Crippen molar-refractivity contribution in [3.63, 3.8) is 0 Å². The third-order valence-corrected chi connectivity index (χ3v) is 2.18. The molecule has 2 nitrogen and oxygen atoms in total. The van der Waals surface area contributed by atoms with Gasteiger partial charge in [0.2, 0.25) is 0 Å². The Morgan fingerprint density at radius 2 is 1.92 bits per heavy atom. The monoisotopic (exact) mass is 168 g/mol. The fraction of sp³-hybridized carbons (Fsp3) is 0.600. The fourth-order valence-electron chi connectivity index (χ4n) is 1.49. The summed E-state index contributed by atoms with van der Waals surface area (Å²) in [4.78, 5) is 0. The smallest absolute Gasteiger partial charge is 0.147 e. The zero-order valence-corrected chi connectivity index (χ0v) is 7.42. The van der Waals surface area contributed by atoms with Crippen LogP contribution in [0.15, 0.2) is 25.3 Å². The van der Waals surface area contributed by atoms with Crippen molar-refractivity contribution in [2.45, 2.75) is 24.9 Å². The SMILES string of the molecule is C=CCC1(CC=C)CCOCO1. The summed E-state index contributed by atoms with van der Waals surface area (Å²) in [7, 11) is 0. The van der Waals surface area contributed by atoms with Crippen LogP contribution in [0.5, 0.6) is 0 Å². The van der Waals surface area contributed by atoms with Gasteiger partial charge in [-0.15, -0.1) is 13.2 Å². The minimum atomic E-state index is -0.0816. The van der Waals surface area contributed by atoms with Crippen LogP contribution >= 0.6 is 0 Å². The Morgan fingerprint density at radius 1 is 1.25 bits per heavy atom. The molecule has 0 N–H and O–H groups in total. The van der Waals surface area contributed by atoms with Crippen molar-refractivity contribution in [2.75, 3.05) is 13.4 Å². The molecule has 0 bridgehead atoms. The van der Waals surface area contributed by atoms with E-state index in [9.17, 15) is 0 Å². The highest BCUT2D eigenvalue weighted by molar-refractivity contribution is 4.94. The molecule has 68 valence electrons. The first-order chi connectivity index (χ1) is 5.83. The van der Waals surface area contributed by atoms with Gasteiger partial charge in [0.05, 0.1) is 12.2 Å². The molecule has 1 aliphatic heterocycles. The van der Waals surface area contributed by atoms with Crippen molar-refractivity contribution in [2.24, 2.45) is 0 Å². The van der Waals surface area contributed by atoms with E-state index < -0.39 is 0 Å². The van der Waals surface area contributed by atoms with E-state index in [2.05, 4.69) is 13.2 Å². The maximum Gasteiger partial charge on any atom is 0.147 e. The lowest BCUT2D eigenvalue weighted by Crippen LogP contribution is -2.38. The van der Waals surface area contributed by atoms with Crippen LogP contribution in [0.4, 0.5) is 0 Å². The number of hydrogen-bond donors (Lipinski definition) is 0. The summed E-state index contributed by atoms with van der Waals surface area (Å²) in [6.07, 6.45) is 6.49. The van der Waals surface area contributed by atoms with E-state index in [4.69, 9.17) is 9.47 Å². The van der Waals surface area contributed by atoms with Gasteiger partial charge in [0.25, 0.3) is 0 Å². The van der Waals surface area contributed by atoms with E-state index in [1.165, 1.54) is 0 Å². The minimum absolute atomic E-state index is 0.0816. The Bertz CT molecular complexity index is 145. The highest BCUT2D eigenvalue weighted by atomic mass is 16.7. The lowest BCUT2D eigenvalue weighted by molar-refractivity contribution is -0.190. The molecule has 0 aliphatic carbocycles. The van der Waals surface area contributed by atoms with Crippen molar-refractivity contribution in [3.05, 3.63) is 25.3 Å². The molecule has 0 radical (unpaired) electrons. The molecular formula is C10H16O2. The summed E-state index contributed by atoms with van der Waals surface area (Å²) >= 11 is 0. The van der Waals surface area contributed by atoms with Crippen LogP contribution in [0.3, 0.4) is 0 Å². The zero-order chi connectivity index (χ0) is 8.86. The van der Waals surface area contributed by atoms with E-state index in [0.717, 1.165) is 25.9 Å². The van der Waals surface area contributed by atoms with E-state index in [-0.39, 0.29) is 5.60 Å². The highest BCUT2D eigenvalue weighted by Gasteiger charge is 2.30. The Hall–Kier alpha value is -0.600. The normalized spacial score (nSPS) is 21.7. The molecule has 1 aliphatic rings. The van der Waals surface area contributed by atoms with Crippen LogP contribution in [-0.4, -0.2) is 19.0 Å². The largest absolute Gasteiger partial charge is 0.355 e. The lowest BCUT2D eigenvalue weighted by atomic mass is 9.91. The van der Waals surface area contributed by atoms with Crippen LogP contribution in [0.25, 0.3) is 0 Å². The summed E-state index contributed by atoms with van der Waals surface area (Å²) in [5.41, 5.74) is -0.0816. The van der Waals surface area contributed by atoms with Gasteiger partial charge in [0.15, 0.2) is 0 Å². The van der Waals surface area contributed by atoms with Crippen molar-refractivity contribution >= 4 is 0 Å². The molecular weight excluding hydrogens is 152 g/mol. The summed E-state index contributed by atoms with van der Waals surface area (Å²) < 4.78 is 10.7. The van der Waals surface area contributed by atoms with Gasteiger partial charge in [-0.3, -0.25) is 0 Å². The van der Waals surface area contributed by atoms with Crippen LogP contribution in [-0.2, 0) is 9.47 Å². The molecule has 2 heteroatoms. The molecule has 1 rings (SSSR count). The predicted octanol–water partition coefficient (Wildman–Crippen LogP) is 2.27. The molecule has 0 spiro atoms. The first-order valence-corrected chi connectivity index (χ1v) is 4.26. The van der Waals surface area contributed by atoms with Gasteiger partial charge in [-0.1, -0.05) is 12.2 Å². The van der Waals surface area contributed by atoms with E-state index >= 15 is 0 Å². The molecule has 0 aromatic carbocycles. The summed E-state index contributed by atoms with van der Waals surface area (Å²) in [6, 6.07) is 0. The number of rotatable bonds is 4. The van der Waals surface area contributed by atoms with Gasteiger partial charge in [0, 0.05) is 6.42 Å². The topological polar surface area (TPSA) is 18.5 Å². The molecule has 1 heterocycles. The average molecular weight is 168 g/mol. The molecule has 12 heavy (non-hydrogen) atoms. The van der Waals surface area contributed by atoms with Crippen LogP contribution in [0.2, 0.25) is 0 Å². The molecule has 0 aromatic heterocycles. The first-order valence-electron chi connectivity index (χ1n) is 4.26. The summed E-state index contributed by atoms with van der Waals surface area (Å²) in [5, 5.41) is 0. The quantitative estimate of drug-likeness (QED) is 0.599.